The van der Waals surface area contributed by atoms with E-state index in [1.54, 1.807) is 43.5 Å². The Morgan fingerprint density at radius 3 is 2.23 bits per heavy atom. The van der Waals surface area contributed by atoms with Crippen molar-refractivity contribution in [3.8, 4) is 5.75 Å². The first-order chi connectivity index (χ1) is 31.4. The summed E-state index contributed by atoms with van der Waals surface area (Å²) >= 11 is 2.58. The van der Waals surface area contributed by atoms with Crippen molar-refractivity contribution >= 4 is 76.3 Å². The Kier molecular flexibility index (Phi) is 21.0. The van der Waals surface area contributed by atoms with Gasteiger partial charge < -0.3 is 63.8 Å². The Hall–Kier alpha value is -5.94. The van der Waals surface area contributed by atoms with Crippen molar-refractivity contribution < 1.29 is 48.6 Å². The Bertz CT molecular complexity index is 2010. The van der Waals surface area contributed by atoms with Gasteiger partial charge >= 0.3 is 0 Å². The molecule has 14 N–H and O–H groups in total. The van der Waals surface area contributed by atoms with Crippen LogP contribution in [-0.4, -0.2) is 142 Å². The molecule has 2 aliphatic rings. The van der Waals surface area contributed by atoms with Crippen LogP contribution in [0.3, 0.4) is 0 Å². The van der Waals surface area contributed by atoms with Gasteiger partial charge in [-0.15, -0.1) is 11.3 Å². The molecule has 0 unspecified atom stereocenters. The van der Waals surface area contributed by atoms with Crippen LogP contribution in [0.4, 0.5) is 0 Å². The Balaban J connectivity index is 1.63. The summed E-state index contributed by atoms with van der Waals surface area (Å²) < 4.78 is 0. The molecule has 21 nitrogen and oxygen atoms in total. The van der Waals surface area contributed by atoms with Crippen LogP contribution in [-0.2, 0) is 51.2 Å². The number of rotatable bonds is 15. The normalized spacial score (nSPS) is 23.3. The van der Waals surface area contributed by atoms with Crippen LogP contribution in [0.5, 0.6) is 5.75 Å². The lowest BCUT2D eigenvalue weighted by Gasteiger charge is -2.31. The molecule has 0 aliphatic carbocycles. The molecule has 66 heavy (non-hydrogen) atoms. The van der Waals surface area contributed by atoms with Gasteiger partial charge in [-0.2, -0.15) is 11.8 Å². The number of phenolic OH excluding ortho intramolecular Hbond substituents is 1. The average molecular weight is 958 g/mol. The molecular weight excluding hydrogens is 895 g/mol. The van der Waals surface area contributed by atoms with Crippen molar-refractivity contribution in [3.05, 3.63) is 52.2 Å². The molecule has 1 aromatic carbocycles. The minimum atomic E-state index is -1.59. The second-order valence-corrected chi connectivity index (χ2v) is 18.8. The maximum Gasteiger partial charge on any atom is 0.246 e. The zero-order chi connectivity index (χ0) is 48.3. The van der Waals surface area contributed by atoms with Crippen LogP contribution in [0.1, 0.15) is 69.2 Å². The minimum absolute atomic E-state index is 0.00609. The summed E-state index contributed by atoms with van der Waals surface area (Å²) in [6, 6.07) is 1.49. The van der Waals surface area contributed by atoms with Crippen LogP contribution in [0, 0.1) is 11.3 Å². The van der Waals surface area contributed by atoms with Crippen molar-refractivity contribution in [2.75, 3.05) is 31.2 Å². The number of phenols is 1. The molecule has 362 valence electrons. The number of aliphatic hydroxyl groups excluding tert-OH is 1. The predicted octanol–water partition coefficient (Wildman–Crippen LogP) is -1.55. The number of nitrogens with two attached hydrogens (primary N) is 2. The fourth-order valence-corrected chi connectivity index (χ4v) is 9.21. The molecule has 0 radical (unpaired) electrons. The third-order valence-corrected chi connectivity index (χ3v) is 13.0. The summed E-state index contributed by atoms with van der Waals surface area (Å²) in [6.45, 7) is 3.43. The lowest BCUT2D eigenvalue weighted by Crippen LogP contribution is -2.61. The van der Waals surface area contributed by atoms with Gasteiger partial charge in [0.1, 0.15) is 42.0 Å². The minimum Gasteiger partial charge on any atom is -0.508 e. The van der Waals surface area contributed by atoms with Gasteiger partial charge in [0.05, 0.1) is 19.1 Å². The van der Waals surface area contributed by atoms with Gasteiger partial charge in [0.2, 0.25) is 47.3 Å². The number of nitrogens with zero attached hydrogens (tertiary/aromatic N) is 1. The highest BCUT2D eigenvalue weighted by Crippen LogP contribution is 2.21. The van der Waals surface area contributed by atoms with Crippen molar-refractivity contribution in [2.24, 2.45) is 17.4 Å². The van der Waals surface area contributed by atoms with Crippen molar-refractivity contribution in [1.29, 1.82) is 5.41 Å². The van der Waals surface area contributed by atoms with E-state index in [9.17, 15) is 48.6 Å². The van der Waals surface area contributed by atoms with Gasteiger partial charge in [-0.05, 0) is 72.9 Å². The van der Waals surface area contributed by atoms with Crippen LogP contribution in [0.25, 0.3) is 0 Å². The molecule has 0 spiro atoms. The third-order valence-electron chi connectivity index (χ3n) is 11.0. The first kappa shape index (κ1) is 52.7. The molecule has 2 fully saturated rings. The number of carbonyl (C=O) groups excluding carboxylic acids is 8. The van der Waals surface area contributed by atoms with E-state index in [1.807, 2.05) is 0 Å². The highest BCUT2D eigenvalue weighted by Gasteiger charge is 2.40. The van der Waals surface area contributed by atoms with E-state index in [2.05, 4.69) is 37.2 Å². The molecule has 0 bridgehead atoms. The van der Waals surface area contributed by atoms with E-state index in [0.29, 0.717) is 43.5 Å². The van der Waals surface area contributed by atoms with Gasteiger partial charge in [-0.25, -0.2) is 0 Å². The van der Waals surface area contributed by atoms with E-state index < -0.39 is 102 Å². The molecule has 1 aromatic heterocycles. The number of aromatic hydroxyl groups is 1. The summed E-state index contributed by atoms with van der Waals surface area (Å²) in [5, 5.41) is 47.8. The summed E-state index contributed by atoms with van der Waals surface area (Å²) in [4.78, 5) is 112. The molecule has 2 saturated heterocycles. The van der Waals surface area contributed by atoms with Crippen molar-refractivity contribution in [1.82, 2.24) is 42.1 Å². The number of hydrogen-bond acceptors (Lipinski definition) is 13. The maximum atomic E-state index is 14.4. The van der Waals surface area contributed by atoms with Gasteiger partial charge in [0, 0.05) is 43.0 Å². The maximum absolute atomic E-state index is 14.4. The number of hydrogen-bond donors (Lipinski definition) is 12. The summed E-state index contributed by atoms with van der Waals surface area (Å²) in [5.41, 5.74) is 11.5. The number of carbonyl (C=O) groups is 8. The quantitative estimate of drug-likeness (QED) is 0.0548. The molecule has 8 amide bonds. The SMILES string of the molecule is CC(C)[C@@H]1NC(=O)[C@H](Cc2cccs2)NC(=O)[C@H](Cc2ccc(O)cc2)NC(=O)CCCSC[C@@H](C(=O)N2CCC[C@H]2C(=O)N[C@H](CO)CCCNC(=N)N)NC(=O)[C@H](CC(N)=O)NC1=O. The first-order valence-corrected chi connectivity index (χ1v) is 24.0. The molecule has 7 atom stereocenters. The number of guanidine groups is 1. The van der Waals surface area contributed by atoms with Crippen molar-refractivity contribution in [3.63, 3.8) is 0 Å². The van der Waals surface area contributed by atoms with Crippen LogP contribution < -0.4 is 48.7 Å². The molecular formula is C43H63N11O10S2. The van der Waals surface area contributed by atoms with E-state index in [-0.39, 0.29) is 56.3 Å². The molecule has 3 heterocycles. The van der Waals surface area contributed by atoms with Crippen LogP contribution in [0.2, 0.25) is 0 Å². The zero-order valence-electron chi connectivity index (χ0n) is 37.1. The summed E-state index contributed by atoms with van der Waals surface area (Å²) in [7, 11) is 0. The molecule has 2 aromatic rings. The molecule has 23 heteroatoms. The molecule has 0 saturated carbocycles. The third kappa shape index (κ3) is 16.8. The van der Waals surface area contributed by atoms with Gasteiger partial charge in [0.15, 0.2) is 5.96 Å². The number of aliphatic hydroxyl groups is 1. The number of thiophene rings is 1. The zero-order valence-corrected chi connectivity index (χ0v) is 38.8. The largest absolute Gasteiger partial charge is 0.508 e. The van der Waals surface area contributed by atoms with Crippen LogP contribution >= 0.6 is 23.1 Å². The monoisotopic (exact) mass is 957 g/mol. The van der Waals surface area contributed by atoms with Gasteiger partial charge in [0.25, 0.3) is 0 Å². The van der Waals surface area contributed by atoms with E-state index in [1.165, 1.54) is 40.1 Å². The fraction of sp³-hybridized carbons (Fsp3) is 0.558. The predicted molar refractivity (Wildman–Crippen MR) is 248 cm³/mol. The van der Waals surface area contributed by atoms with Crippen molar-refractivity contribution in [2.45, 2.75) is 114 Å². The Morgan fingerprint density at radius 2 is 1.58 bits per heavy atom. The smallest absolute Gasteiger partial charge is 0.246 e. The van der Waals surface area contributed by atoms with Gasteiger partial charge in [-0.3, -0.25) is 43.8 Å². The number of thioether (sulfide) groups is 1. The highest BCUT2D eigenvalue weighted by atomic mass is 32.2. The number of primary amides is 1. The van der Waals surface area contributed by atoms with Gasteiger partial charge in [-0.1, -0.05) is 32.0 Å². The van der Waals surface area contributed by atoms with E-state index in [0.717, 1.165) is 4.88 Å². The number of benzene rings is 1. The van der Waals surface area contributed by atoms with Crippen LogP contribution in [0.15, 0.2) is 41.8 Å². The molecule has 4 rings (SSSR count). The molecule has 2 aliphatic heterocycles. The second kappa shape index (κ2) is 26.3. The second-order valence-electron chi connectivity index (χ2n) is 16.6. The first-order valence-electron chi connectivity index (χ1n) is 21.9. The Labute approximate surface area is 391 Å². The Morgan fingerprint density at radius 1 is 0.894 bits per heavy atom. The lowest BCUT2D eigenvalue weighted by molar-refractivity contribution is -0.142. The lowest BCUT2D eigenvalue weighted by atomic mass is 10.0. The van der Waals surface area contributed by atoms with E-state index in [4.69, 9.17) is 16.9 Å². The van der Waals surface area contributed by atoms with E-state index >= 15 is 0 Å². The topological polar surface area (TPSA) is 340 Å². The number of likely N-dealkylation sites (tertiary alicyclic amines) is 1. The highest BCUT2D eigenvalue weighted by molar-refractivity contribution is 7.99. The summed E-state index contributed by atoms with van der Waals surface area (Å²) in [5.74, 6) is -6.26. The summed E-state index contributed by atoms with van der Waals surface area (Å²) in [6.07, 6.45) is 1.20. The number of amides is 8. The fourth-order valence-electron chi connectivity index (χ4n) is 7.48. The standard InChI is InChI=1S/C43H63N11O10S2/c1-24(2)36-41(63)51-31(21-34(44)57)38(60)52-32(42(64)54-16-4-9-33(54)40(62)48-26(22-55)7-3-15-47-43(45)46)23-65-17-6-10-35(58)49-29(19-25-11-13-27(56)14-12-25)37(59)50-30(39(61)53-36)20-28-8-5-18-66-28/h5,8,11-14,18,24,26,29-33,36,55-56H,3-4,6-7,9-10,15-17,19-23H2,1-2H3,(H2,44,57)(H,48,62)(H,49,58)(H,50,59)(H,51,63)(H,52,60)(H,53,61)(H4,45,46,47)/t26-,29-,30-,31-,32-,33-,36-/m0/s1. The number of nitrogens with one attached hydrogen (secondary N) is 8. The average Bonchev–Trinajstić information content (AvgIpc) is 3.98.